The molecule has 11 heavy (non-hydrogen) atoms. The third-order valence-electron chi connectivity index (χ3n) is 0.887. The standard InChI is InChI=1S/C5H11NO3.C2H6/c1-6(2-3-7)4-5(8)9;1-2/h7H,2-4H2,1H3,(H,8,9);1-2H3. The molecule has 68 valence electrons. The minimum absolute atomic E-state index is 0.00375. The lowest BCUT2D eigenvalue weighted by atomic mass is 10.5. The van der Waals surface area contributed by atoms with Crippen LogP contribution in [0.25, 0.3) is 0 Å². The van der Waals surface area contributed by atoms with Crippen LogP contribution in [-0.2, 0) is 4.79 Å². The van der Waals surface area contributed by atoms with E-state index in [0.29, 0.717) is 6.54 Å². The number of carboxylic acids is 1. The van der Waals surface area contributed by atoms with E-state index in [9.17, 15) is 4.79 Å². The molecule has 4 nitrogen and oxygen atoms in total. The van der Waals surface area contributed by atoms with E-state index in [4.69, 9.17) is 10.2 Å². The number of aliphatic hydroxyl groups excluding tert-OH is 1. The minimum atomic E-state index is -0.869. The van der Waals surface area contributed by atoms with Crippen molar-refractivity contribution in [2.75, 3.05) is 26.7 Å². The van der Waals surface area contributed by atoms with E-state index < -0.39 is 5.97 Å². The van der Waals surface area contributed by atoms with E-state index in [1.807, 2.05) is 13.8 Å². The predicted molar refractivity (Wildman–Crippen MR) is 43.6 cm³/mol. The molecule has 0 radical (unpaired) electrons. The number of carboxylic acid groups (broad SMARTS) is 1. The predicted octanol–water partition coefficient (Wildman–Crippen LogP) is 0.0213. The Hall–Kier alpha value is -0.610. The van der Waals surface area contributed by atoms with Gasteiger partial charge in [0.25, 0.3) is 0 Å². The van der Waals surface area contributed by atoms with Gasteiger partial charge in [-0.2, -0.15) is 0 Å². The largest absolute Gasteiger partial charge is 0.480 e. The second-order valence-electron chi connectivity index (χ2n) is 1.86. The van der Waals surface area contributed by atoms with Gasteiger partial charge in [-0.1, -0.05) is 13.8 Å². The molecule has 0 aliphatic rings. The molecule has 0 spiro atoms. The number of nitrogens with zero attached hydrogens (tertiary/aromatic N) is 1. The molecule has 0 saturated heterocycles. The second-order valence-corrected chi connectivity index (χ2v) is 1.86. The summed E-state index contributed by atoms with van der Waals surface area (Å²) in [7, 11) is 1.64. The summed E-state index contributed by atoms with van der Waals surface area (Å²) >= 11 is 0. The van der Waals surface area contributed by atoms with Crippen molar-refractivity contribution in [2.24, 2.45) is 0 Å². The number of hydrogen-bond donors (Lipinski definition) is 2. The zero-order chi connectivity index (χ0) is 9.28. The highest BCUT2D eigenvalue weighted by molar-refractivity contribution is 5.68. The maximum atomic E-state index is 9.96. The van der Waals surface area contributed by atoms with Crippen LogP contribution in [0.1, 0.15) is 13.8 Å². The Kier molecular flexibility index (Phi) is 11.1. The normalized spacial score (nSPS) is 8.82. The summed E-state index contributed by atoms with van der Waals surface area (Å²) in [5, 5.41) is 16.5. The van der Waals surface area contributed by atoms with Crippen LogP contribution in [0, 0.1) is 0 Å². The van der Waals surface area contributed by atoms with Crippen molar-refractivity contribution in [3.8, 4) is 0 Å². The molecule has 0 heterocycles. The van der Waals surface area contributed by atoms with E-state index >= 15 is 0 Å². The van der Waals surface area contributed by atoms with Crippen molar-refractivity contribution in [2.45, 2.75) is 13.8 Å². The molecule has 4 heteroatoms. The monoisotopic (exact) mass is 163 g/mol. The van der Waals surface area contributed by atoms with Gasteiger partial charge >= 0.3 is 5.97 Å². The van der Waals surface area contributed by atoms with Gasteiger partial charge in [0.1, 0.15) is 0 Å². The molecule has 0 aliphatic heterocycles. The van der Waals surface area contributed by atoms with Gasteiger partial charge in [0, 0.05) is 6.54 Å². The van der Waals surface area contributed by atoms with Crippen molar-refractivity contribution in [3.05, 3.63) is 0 Å². The smallest absolute Gasteiger partial charge is 0.317 e. The van der Waals surface area contributed by atoms with Gasteiger partial charge in [-0.3, -0.25) is 9.69 Å². The highest BCUT2D eigenvalue weighted by Gasteiger charge is 2.00. The summed E-state index contributed by atoms with van der Waals surface area (Å²) in [4.78, 5) is 11.5. The van der Waals surface area contributed by atoms with Gasteiger partial charge < -0.3 is 10.2 Å². The molecule has 0 atom stereocenters. The first-order valence-corrected chi connectivity index (χ1v) is 3.68. The molecule has 0 aromatic rings. The first-order chi connectivity index (χ1) is 5.16. The number of carbonyl (C=O) groups is 1. The Labute approximate surface area is 67.4 Å². The SMILES string of the molecule is CC.CN(CCO)CC(=O)O. The van der Waals surface area contributed by atoms with Gasteiger partial charge in [-0.25, -0.2) is 0 Å². The lowest BCUT2D eigenvalue weighted by Gasteiger charge is -2.10. The van der Waals surface area contributed by atoms with Gasteiger partial charge in [0.05, 0.1) is 13.2 Å². The number of hydrogen-bond acceptors (Lipinski definition) is 3. The molecule has 0 amide bonds. The molecule has 0 saturated carbocycles. The minimum Gasteiger partial charge on any atom is -0.480 e. The van der Waals surface area contributed by atoms with E-state index in [0.717, 1.165) is 0 Å². The van der Waals surface area contributed by atoms with Crippen molar-refractivity contribution < 1.29 is 15.0 Å². The number of likely N-dealkylation sites (N-methyl/N-ethyl adjacent to an activating group) is 1. The Bertz CT molecular complexity index is 95.7. The van der Waals surface area contributed by atoms with E-state index in [-0.39, 0.29) is 13.2 Å². The van der Waals surface area contributed by atoms with Crippen LogP contribution in [-0.4, -0.2) is 47.8 Å². The Morgan fingerprint density at radius 1 is 1.45 bits per heavy atom. The molecule has 0 aromatic carbocycles. The Morgan fingerprint density at radius 3 is 2.18 bits per heavy atom. The molecule has 2 N–H and O–H groups in total. The Balaban J connectivity index is 0. The fraction of sp³-hybridized carbons (Fsp3) is 0.857. The topological polar surface area (TPSA) is 60.8 Å². The summed E-state index contributed by atoms with van der Waals surface area (Å²) in [5.41, 5.74) is 0. The fourth-order valence-corrected chi connectivity index (χ4v) is 0.481. The summed E-state index contributed by atoms with van der Waals surface area (Å²) < 4.78 is 0. The fourth-order valence-electron chi connectivity index (χ4n) is 0.481. The molecule has 0 fully saturated rings. The van der Waals surface area contributed by atoms with E-state index in [1.165, 1.54) is 4.90 Å². The van der Waals surface area contributed by atoms with Crippen LogP contribution < -0.4 is 0 Å². The second kappa shape index (κ2) is 9.39. The number of aliphatic carboxylic acids is 1. The average molecular weight is 163 g/mol. The molecule has 0 unspecified atom stereocenters. The molecule has 0 aromatic heterocycles. The first kappa shape index (κ1) is 13.0. The summed E-state index contributed by atoms with van der Waals surface area (Å²) in [6.07, 6.45) is 0. The molecule has 0 rings (SSSR count). The summed E-state index contributed by atoms with van der Waals surface area (Å²) in [6.45, 7) is 4.40. The lowest BCUT2D eigenvalue weighted by Crippen LogP contribution is -2.28. The van der Waals surface area contributed by atoms with Crippen LogP contribution in [0.5, 0.6) is 0 Å². The van der Waals surface area contributed by atoms with Gasteiger partial charge in [0.2, 0.25) is 0 Å². The zero-order valence-electron chi connectivity index (χ0n) is 7.37. The maximum absolute atomic E-state index is 9.96. The summed E-state index contributed by atoms with van der Waals surface area (Å²) in [6, 6.07) is 0. The van der Waals surface area contributed by atoms with Crippen molar-refractivity contribution >= 4 is 5.97 Å². The first-order valence-electron chi connectivity index (χ1n) is 3.68. The van der Waals surface area contributed by atoms with Crippen molar-refractivity contribution in [3.63, 3.8) is 0 Å². The maximum Gasteiger partial charge on any atom is 0.317 e. The van der Waals surface area contributed by atoms with E-state index in [1.54, 1.807) is 7.05 Å². The van der Waals surface area contributed by atoms with Gasteiger partial charge in [-0.05, 0) is 7.05 Å². The summed E-state index contributed by atoms with van der Waals surface area (Å²) in [5.74, 6) is -0.869. The van der Waals surface area contributed by atoms with E-state index in [2.05, 4.69) is 0 Å². The van der Waals surface area contributed by atoms with Crippen LogP contribution in [0.4, 0.5) is 0 Å². The average Bonchev–Trinajstić information content (AvgIpc) is 1.91. The number of rotatable bonds is 4. The third kappa shape index (κ3) is 12.6. The van der Waals surface area contributed by atoms with Crippen molar-refractivity contribution in [1.82, 2.24) is 4.90 Å². The van der Waals surface area contributed by atoms with Crippen molar-refractivity contribution in [1.29, 1.82) is 0 Å². The van der Waals surface area contributed by atoms with Crippen LogP contribution in [0.3, 0.4) is 0 Å². The molecule has 0 aliphatic carbocycles. The molecular formula is C7H17NO3. The quantitative estimate of drug-likeness (QED) is 0.613. The van der Waals surface area contributed by atoms with Crippen LogP contribution in [0.15, 0.2) is 0 Å². The lowest BCUT2D eigenvalue weighted by molar-refractivity contribution is -0.138. The molecule has 0 bridgehead atoms. The molecular weight excluding hydrogens is 146 g/mol. The highest BCUT2D eigenvalue weighted by atomic mass is 16.4. The van der Waals surface area contributed by atoms with Crippen LogP contribution >= 0.6 is 0 Å². The highest BCUT2D eigenvalue weighted by Crippen LogP contribution is 1.78. The Morgan fingerprint density at radius 2 is 1.91 bits per heavy atom. The number of aliphatic hydroxyl groups is 1. The van der Waals surface area contributed by atoms with Gasteiger partial charge in [-0.15, -0.1) is 0 Å². The van der Waals surface area contributed by atoms with Gasteiger partial charge in [0.15, 0.2) is 0 Å². The third-order valence-corrected chi connectivity index (χ3v) is 0.887. The van der Waals surface area contributed by atoms with Crippen LogP contribution in [0.2, 0.25) is 0 Å². The zero-order valence-corrected chi connectivity index (χ0v) is 7.37.